The lowest BCUT2D eigenvalue weighted by Crippen LogP contribution is -2.38. The molecule has 98 valence electrons. The Hall–Kier alpha value is -1.36. The van der Waals surface area contributed by atoms with Gasteiger partial charge in [-0.15, -0.1) is 0 Å². The van der Waals surface area contributed by atoms with E-state index in [2.05, 4.69) is 11.6 Å². The second kappa shape index (κ2) is 5.52. The van der Waals surface area contributed by atoms with Crippen LogP contribution in [0.2, 0.25) is 0 Å². The average molecular weight is 265 g/mol. The van der Waals surface area contributed by atoms with Crippen LogP contribution in [-0.2, 0) is 0 Å². The summed E-state index contributed by atoms with van der Waals surface area (Å²) in [6.07, 6.45) is 5.49. The minimum atomic E-state index is -0.0834. The number of carbonyl (C=O) groups excluding carboxylic acids is 1. The average Bonchev–Trinajstić information content (AvgIpc) is 2.75. The van der Waals surface area contributed by atoms with Gasteiger partial charge in [-0.25, -0.2) is 0 Å². The molecule has 1 fully saturated rings. The van der Waals surface area contributed by atoms with Gasteiger partial charge in [0, 0.05) is 28.2 Å². The Kier molecular flexibility index (Phi) is 4.01. The number of anilines is 2. The number of nitrogens with two attached hydrogens (primary N) is 2. The molecule has 0 bridgehead atoms. The van der Waals surface area contributed by atoms with Crippen LogP contribution in [0.15, 0.2) is 18.2 Å². The molecule has 2 rings (SSSR count). The van der Waals surface area contributed by atoms with Gasteiger partial charge in [0.2, 0.25) is 0 Å². The minimum Gasteiger partial charge on any atom is -0.399 e. The molecule has 5 N–H and O–H groups in total. The quantitative estimate of drug-likeness (QED) is 0.729. The van der Waals surface area contributed by atoms with Crippen LogP contribution in [0.3, 0.4) is 0 Å². The van der Waals surface area contributed by atoms with Gasteiger partial charge in [-0.05, 0) is 37.3 Å². The van der Waals surface area contributed by atoms with E-state index < -0.39 is 0 Å². The zero-order valence-electron chi connectivity index (χ0n) is 10.5. The molecule has 1 aliphatic rings. The zero-order valence-corrected chi connectivity index (χ0v) is 11.3. The molecule has 5 heteroatoms. The van der Waals surface area contributed by atoms with Gasteiger partial charge >= 0.3 is 0 Å². The third kappa shape index (κ3) is 2.90. The predicted molar refractivity (Wildman–Crippen MR) is 77.7 cm³/mol. The Morgan fingerprint density at radius 1 is 1.28 bits per heavy atom. The fraction of sp³-hybridized carbons (Fsp3) is 0.462. The highest BCUT2D eigenvalue weighted by Crippen LogP contribution is 2.28. The first-order valence-electron chi connectivity index (χ1n) is 6.10. The van der Waals surface area contributed by atoms with E-state index in [4.69, 9.17) is 11.5 Å². The molecule has 0 spiro atoms. The molecule has 0 heterocycles. The number of thioether (sulfide) groups is 1. The second-order valence-corrected chi connectivity index (χ2v) is 5.75. The number of nitrogen functional groups attached to an aromatic ring is 2. The highest BCUT2D eigenvalue weighted by Gasteiger charge is 2.28. The monoisotopic (exact) mass is 265 g/mol. The standard InChI is InChI=1S/C13H19N3OS/c1-18-12-4-2-3-11(12)16-13(17)8-5-9(14)7-10(15)6-8/h5-7,11-12H,2-4,14-15H2,1H3,(H,16,17). The molecule has 1 aromatic carbocycles. The van der Waals surface area contributed by atoms with Gasteiger partial charge in [0.05, 0.1) is 0 Å². The molecule has 1 saturated carbocycles. The van der Waals surface area contributed by atoms with Crippen molar-refractivity contribution in [1.82, 2.24) is 5.32 Å². The minimum absolute atomic E-state index is 0.0834. The van der Waals surface area contributed by atoms with Crippen LogP contribution >= 0.6 is 11.8 Å². The van der Waals surface area contributed by atoms with Crippen LogP contribution < -0.4 is 16.8 Å². The molecule has 0 aromatic heterocycles. The Labute approximate surface area is 111 Å². The molecule has 0 saturated heterocycles. The summed E-state index contributed by atoms with van der Waals surface area (Å²) >= 11 is 1.82. The van der Waals surface area contributed by atoms with E-state index in [1.54, 1.807) is 18.2 Å². The zero-order chi connectivity index (χ0) is 13.1. The van der Waals surface area contributed by atoms with E-state index in [1.807, 2.05) is 11.8 Å². The Bertz CT molecular complexity index is 430. The summed E-state index contributed by atoms with van der Waals surface area (Å²) in [6, 6.07) is 5.23. The van der Waals surface area contributed by atoms with Crippen molar-refractivity contribution >= 4 is 29.0 Å². The van der Waals surface area contributed by atoms with Crippen molar-refractivity contribution in [1.29, 1.82) is 0 Å². The van der Waals surface area contributed by atoms with E-state index in [0.29, 0.717) is 22.2 Å². The molecule has 1 aromatic rings. The normalized spacial score (nSPS) is 22.9. The van der Waals surface area contributed by atoms with Crippen molar-refractivity contribution in [2.45, 2.75) is 30.6 Å². The topological polar surface area (TPSA) is 81.1 Å². The molecule has 1 amide bonds. The molecule has 2 unspecified atom stereocenters. The lowest BCUT2D eigenvalue weighted by Gasteiger charge is -2.19. The van der Waals surface area contributed by atoms with Crippen molar-refractivity contribution in [3.8, 4) is 0 Å². The number of hydrogen-bond donors (Lipinski definition) is 3. The summed E-state index contributed by atoms with van der Waals surface area (Å²) in [5.41, 5.74) is 13.0. The van der Waals surface area contributed by atoms with Crippen molar-refractivity contribution in [3.05, 3.63) is 23.8 Å². The summed E-state index contributed by atoms with van der Waals surface area (Å²) in [7, 11) is 0. The molecular formula is C13H19N3OS. The van der Waals surface area contributed by atoms with E-state index in [1.165, 1.54) is 12.8 Å². The smallest absolute Gasteiger partial charge is 0.251 e. The van der Waals surface area contributed by atoms with Crippen molar-refractivity contribution < 1.29 is 4.79 Å². The first-order valence-corrected chi connectivity index (χ1v) is 7.38. The molecular weight excluding hydrogens is 246 g/mol. The van der Waals surface area contributed by atoms with Crippen LogP contribution in [0.4, 0.5) is 11.4 Å². The number of hydrogen-bond acceptors (Lipinski definition) is 4. The fourth-order valence-electron chi connectivity index (χ4n) is 2.43. The van der Waals surface area contributed by atoms with Gasteiger partial charge in [0.25, 0.3) is 5.91 Å². The van der Waals surface area contributed by atoms with Gasteiger partial charge in [-0.2, -0.15) is 11.8 Å². The first-order chi connectivity index (χ1) is 8.60. The van der Waals surface area contributed by atoms with E-state index in [-0.39, 0.29) is 11.9 Å². The van der Waals surface area contributed by atoms with Crippen LogP contribution in [0.1, 0.15) is 29.6 Å². The van der Waals surface area contributed by atoms with Crippen LogP contribution in [0.25, 0.3) is 0 Å². The third-order valence-electron chi connectivity index (χ3n) is 3.31. The lowest BCUT2D eigenvalue weighted by atomic mass is 10.1. The van der Waals surface area contributed by atoms with Crippen molar-refractivity contribution in [3.63, 3.8) is 0 Å². The Morgan fingerprint density at radius 2 is 1.94 bits per heavy atom. The fourth-order valence-corrected chi connectivity index (χ4v) is 3.37. The van der Waals surface area contributed by atoms with Gasteiger partial charge in [-0.1, -0.05) is 6.42 Å². The largest absolute Gasteiger partial charge is 0.399 e. The summed E-state index contributed by atoms with van der Waals surface area (Å²) in [4.78, 5) is 12.1. The molecule has 2 atom stereocenters. The number of carbonyl (C=O) groups is 1. The maximum atomic E-state index is 12.1. The Morgan fingerprint density at radius 3 is 2.56 bits per heavy atom. The molecule has 1 aliphatic carbocycles. The molecule has 0 aliphatic heterocycles. The number of nitrogens with one attached hydrogen (secondary N) is 1. The third-order valence-corrected chi connectivity index (χ3v) is 4.48. The number of benzene rings is 1. The summed E-state index contributed by atoms with van der Waals surface area (Å²) in [6.45, 7) is 0. The maximum Gasteiger partial charge on any atom is 0.251 e. The van der Waals surface area contributed by atoms with Crippen LogP contribution in [0, 0.1) is 0 Å². The number of rotatable bonds is 3. The number of amides is 1. The van der Waals surface area contributed by atoms with Gasteiger partial charge in [0.15, 0.2) is 0 Å². The van der Waals surface area contributed by atoms with E-state index in [0.717, 1.165) is 6.42 Å². The van der Waals surface area contributed by atoms with Crippen molar-refractivity contribution in [2.24, 2.45) is 0 Å². The SMILES string of the molecule is CSC1CCCC1NC(=O)c1cc(N)cc(N)c1. The highest BCUT2D eigenvalue weighted by molar-refractivity contribution is 7.99. The van der Waals surface area contributed by atoms with Gasteiger partial charge in [-0.3, -0.25) is 4.79 Å². The van der Waals surface area contributed by atoms with E-state index >= 15 is 0 Å². The first kappa shape index (κ1) is 13.1. The van der Waals surface area contributed by atoms with Crippen molar-refractivity contribution in [2.75, 3.05) is 17.7 Å². The summed E-state index contributed by atoms with van der Waals surface area (Å²) in [5, 5.41) is 3.60. The van der Waals surface area contributed by atoms with E-state index in [9.17, 15) is 4.79 Å². The highest BCUT2D eigenvalue weighted by atomic mass is 32.2. The second-order valence-electron chi connectivity index (χ2n) is 4.67. The predicted octanol–water partition coefficient (Wildman–Crippen LogP) is 1.86. The molecule has 18 heavy (non-hydrogen) atoms. The van der Waals surface area contributed by atoms with Gasteiger partial charge < -0.3 is 16.8 Å². The lowest BCUT2D eigenvalue weighted by molar-refractivity contribution is 0.0939. The summed E-state index contributed by atoms with van der Waals surface area (Å²) < 4.78 is 0. The molecule has 4 nitrogen and oxygen atoms in total. The Balaban J connectivity index is 2.07. The van der Waals surface area contributed by atoms with Crippen LogP contribution in [-0.4, -0.2) is 23.5 Å². The molecule has 0 radical (unpaired) electrons. The van der Waals surface area contributed by atoms with Crippen LogP contribution in [0.5, 0.6) is 0 Å². The van der Waals surface area contributed by atoms with Gasteiger partial charge in [0.1, 0.15) is 0 Å². The maximum absolute atomic E-state index is 12.1. The summed E-state index contributed by atoms with van der Waals surface area (Å²) in [5.74, 6) is -0.0834.